The van der Waals surface area contributed by atoms with Crippen LogP contribution >= 0.6 is 0 Å². The largest absolute Gasteiger partial charge is 0.508 e. The first kappa shape index (κ1) is 65.7. The lowest BCUT2D eigenvalue weighted by molar-refractivity contribution is -0.323. The van der Waals surface area contributed by atoms with Gasteiger partial charge in [0.2, 0.25) is 5.91 Å². The lowest BCUT2D eigenvalue weighted by Crippen LogP contribution is -2.78. The molecular weight excluding hydrogens is 987 g/mol. The minimum Gasteiger partial charge on any atom is -0.490 e. The number of esters is 3. The van der Waals surface area contributed by atoms with E-state index in [1.807, 2.05) is 85.7 Å². The molecule has 1 spiro atoms. The number of ketones is 1. The number of hydrogen-bond acceptors (Lipinski definition) is 15. The molecule has 2 aromatic rings. The molecule has 1 aliphatic heterocycles. The number of ether oxygens (including phenoxy) is 7. The summed E-state index contributed by atoms with van der Waals surface area (Å²) in [4.78, 5) is 83.2. The Kier molecular flexibility index (Phi) is 24.2. The Bertz CT molecular complexity index is 2340. The first-order valence-corrected chi connectivity index (χ1v) is 27.6. The average molecular weight is 1080 g/mol. The van der Waals surface area contributed by atoms with Crippen LogP contribution in [-0.4, -0.2) is 109 Å². The van der Waals surface area contributed by atoms with E-state index in [1.54, 1.807) is 51.1 Å². The fourth-order valence-electron chi connectivity index (χ4n) is 11.4. The molecule has 16 heteroatoms. The van der Waals surface area contributed by atoms with Crippen molar-refractivity contribution in [3.63, 3.8) is 0 Å². The summed E-state index contributed by atoms with van der Waals surface area (Å²) < 4.78 is 42.9. The van der Waals surface area contributed by atoms with Gasteiger partial charge in [-0.15, -0.1) is 0 Å². The topological polar surface area (TPSA) is 220 Å². The van der Waals surface area contributed by atoms with Gasteiger partial charge in [0.05, 0.1) is 42.4 Å². The number of unbranched alkanes of at least 4 members (excludes halogenated alkanes) is 1. The molecule has 4 aliphatic carbocycles. The van der Waals surface area contributed by atoms with Gasteiger partial charge < -0.3 is 48.7 Å². The van der Waals surface area contributed by atoms with Crippen molar-refractivity contribution < 1.29 is 72.1 Å². The van der Waals surface area contributed by atoms with Crippen molar-refractivity contribution >= 4 is 35.8 Å². The number of aliphatic hydroxyl groups excluding tert-OH is 1. The Labute approximate surface area is 458 Å². The number of nitrogens with one attached hydrogen (secondary N) is 1. The van der Waals surface area contributed by atoms with Gasteiger partial charge in [-0.1, -0.05) is 151 Å². The fourth-order valence-corrected chi connectivity index (χ4v) is 11.4. The number of hydrogen-bond donors (Lipinski definition) is 3. The van der Waals surface area contributed by atoms with Gasteiger partial charge in [0.25, 0.3) is 0 Å². The third-order valence-corrected chi connectivity index (χ3v) is 15.1. The van der Waals surface area contributed by atoms with Crippen LogP contribution in [0.3, 0.4) is 0 Å². The number of fused-ring (bicyclic) bond motifs is 4. The van der Waals surface area contributed by atoms with E-state index in [0.29, 0.717) is 24.0 Å². The predicted molar refractivity (Wildman–Crippen MR) is 293 cm³/mol. The van der Waals surface area contributed by atoms with Crippen molar-refractivity contribution in [2.75, 3.05) is 26.9 Å². The number of carbonyl (C=O) groups is 6. The van der Waals surface area contributed by atoms with Gasteiger partial charge in [-0.05, 0) is 66.4 Å². The zero-order valence-corrected chi connectivity index (χ0v) is 48.9. The summed E-state index contributed by atoms with van der Waals surface area (Å²) in [6.07, 6.45) is -2.18. The van der Waals surface area contributed by atoms with Crippen molar-refractivity contribution in [1.29, 1.82) is 0 Å². The van der Waals surface area contributed by atoms with Crippen LogP contribution in [0.1, 0.15) is 171 Å². The number of amides is 1. The Morgan fingerprint density at radius 1 is 0.831 bits per heavy atom. The maximum Gasteiger partial charge on any atom is 0.508 e. The molecule has 2 aromatic carbocycles. The van der Waals surface area contributed by atoms with Gasteiger partial charge >= 0.3 is 24.1 Å². The Hall–Kier alpha value is -5.58. The molecule has 0 radical (unpaired) electrons. The maximum absolute atomic E-state index is 15.7. The molecule has 2 bridgehead atoms. The summed E-state index contributed by atoms with van der Waals surface area (Å²) in [7, 11) is 1.00. The molecule has 5 aliphatic rings. The zero-order valence-electron chi connectivity index (χ0n) is 48.9. The van der Waals surface area contributed by atoms with Crippen LogP contribution in [0.5, 0.6) is 0 Å². The molecule has 11 atom stereocenters. The highest BCUT2D eigenvalue weighted by Crippen LogP contribution is 2.74. The minimum absolute atomic E-state index is 0.0319. The summed E-state index contributed by atoms with van der Waals surface area (Å²) >= 11 is 0. The number of benzene rings is 2. The number of Topliss-reactive ketones (excluding diaryl/α,β-unsaturated/α-hetero) is 1. The van der Waals surface area contributed by atoms with Gasteiger partial charge in [0.1, 0.15) is 30.5 Å². The second-order valence-electron chi connectivity index (χ2n) is 21.7. The van der Waals surface area contributed by atoms with Gasteiger partial charge in [-0.25, -0.2) is 9.59 Å². The minimum atomic E-state index is -2.15. The summed E-state index contributed by atoms with van der Waals surface area (Å²) in [5, 5.41) is 24.1. The molecule has 7 rings (SSSR count). The van der Waals surface area contributed by atoms with E-state index in [9.17, 15) is 29.1 Å². The van der Waals surface area contributed by atoms with Gasteiger partial charge in [0, 0.05) is 44.6 Å². The summed E-state index contributed by atoms with van der Waals surface area (Å²) in [6, 6.07) is 16.5. The highest BCUT2D eigenvalue weighted by atomic mass is 16.7. The number of carbonyl (C=O) groups excluding carboxylic acids is 6. The van der Waals surface area contributed by atoms with Gasteiger partial charge in [-0.3, -0.25) is 19.2 Å². The highest BCUT2D eigenvalue weighted by molar-refractivity contribution is 5.97. The standard InChI is InChI=1S/C52H65NO14.C4H10.2C2H6.CH4O/c1-11-22-61-47(59)62-27-36(41(33-18-14-12-15-19-33)53-39(56)26-48(6,7)8)30(3)64-37-25-52(60)45(66-46(58)34-20-16-13-17-21-34)43-50(24-35(50)23-38-51(43,28-63-38)67-32(5)55)44(57)42(65-31(4)54)40(29(37)2)49(52,9)10;1-3-4-2;3*1-2/h12-21,35-38,41-43,45,60H,3,11,22-28H2,1-2,4-10H3,(H,53,56);3-4H2,1-2H3;2*1-2H3;2H,1H3/t35-,36+,37+,38-,41?,42?,43+,45+,50?,51+,52?;;;;/m1..../s1. The molecule has 16 nitrogen and oxygen atoms in total. The molecule has 1 amide bonds. The quantitative estimate of drug-likeness (QED) is 0.0616. The smallest absolute Gasteiger partial charge is 0.490 e. The third kappa shape index (κ3) is 14.4. The summed E-state index contributed by atoms with van der Waals surface area (Å²) in [5.41, 5.74) is -5.39. The van der Waals surface area contributed by atoms with E-state index in [0.717, 1.165) is 7.11 Å². The van der Waals surface area contributed by atoms with Crippen molar-refractivity contribution in [3.05, 3.63) is 95.3 Å². The fraction of sp³-hybridized carbons (Fsp3) is 0.639. The van der Waals surface area contributed by atoms with E-state index in [-0.39, 0.29) is 73.2 Å². The Morgan fingerprint density at radius 2 is 1.42 bits per heavy atom. The molecule has 4 unspecified atom stereocenters. The van der Waals surface area contributed by atoms with Crippen LogP contribution in [-0.2, 0) is 52.3 Å². The van der Waals surface area contributed by atoms with Crippen LogP contribution in [0.4, 0.5) is 4.79 Å². The van der Waals surface area contributed by atoms with Crippen molar-refractivity contribution in [2.45, 2.75) is 190 Å². The second kappa shape index (κ2) is 28.3. The number of aliphatic hydroxyl groups is 2. The highest BCUT2D eigenvalue weighted by Gasteiger charge is 2.84. The molecule has 0 aromatic heterocycles. The van der Waals surface area contributed by atoms with Crippen LogP contribution in [0.15, 0.2) is 84.1 Å². The molecule has 3 saturated carbocycles. The summed E-state index contributed by atoms with van der Waals surface area (Å²) in [6.45, 7) is 31.6. The maximum atomic E-state index is 15.7. The van der Waals surface area contributed by atoms with E-state index in [2.05, 4.69) is 25.7 Å². The molecule has 3 N–H and O–H groups in total. The average Bonchev–Trinajstić information content (AvgIpc) is 4.16. The van der Waals surface area contributed by atoms with Crippen molar-refractivity contribution in [3.8, 4) is 0 Å². The van der Waals surface area contributed by atoms with E-state index < -0.39 is 94.2 Å². The lowest BCUT2D eigenvalue weighted by Gasteiger charge is -2.64. The van der Waals surface area contributed by atoms with Crippen LogP contribution in [0.2, 0.25) is 0 Å². The molecule has 1 saturated heterocycles. The Morgan fingerprint density at radius 3 is 1.92 bits per heavy atom. The SMILES string of the molecule is C=C(O[C@H]1CC2(O)[C@@H](OC(=O)c3ccccc3)[C@H]3C4(C[C@H]4C[C@H]4OC[C@]43OC(C)=O)C(=O)C(OC(C)=O)C(=C1C)C2(C)C)[C@H](COC(=O)OCCC)C(NC(=O)CC(C)(C)C)c1ccccc1.CC.CC.CCCC.CO. The number of rotatable bonds is 16. The normalized spacial score (nSPS) is 27.6. The molecule has 77 heavy (non-hydrogen) atoms. The van der Waals surface area contributed by atoms with Gasteiger partial charge in [-0.2, -0.15) is 0 Å². The third-order valence-electron chi connectivity index (χ3n) is 15.1. The molecule has 1 heterocycles. The Balaban J connectivity index is 0.00000146. The first-order chi connectivity index (χ1) is 36.4. The monoisotopic (exact) mass is 1080 g/mol. The van der Waals surface area contributed by atoms with Crippen LogP contribution in [0.25, 0.3) is 0 Å². The van der Waals surface area contributed by atoms with E-state index in [1.165, 1.54) is 26.7 Å². The molecule has 430 valence electrons. The van der Waals surface area contributed by atoms with E-state index >= 15 is 4.79 Å². The summed E-state index contributed by atoms with van der Waals surface area (Å²) in [5.74, 6) is -5.39. The molecular formula is C61H91NO15. The second-order valence-corrected chi connectivity index (χ2v) is 21.7. The van der Waals surface area contributed by atoms with Crippen LogP contribution in [0, 0.1) is 34.0 Å². The first-order valence-electron chi connectivity index (χ1n) is 27.6. The van der Waals surface area contributed by atoms with Crippen LogP contribution < -0.4 is 5.32 Å². The van der Waals surface area contributed by atoms with Crippen molar-refractivity contribution in [1.82, 2.24) is 5.32 Å². The molecule has 4 fully saturated rings. The van der Waals surface area contributed by atoms with Gasteiger partial charge in [0.15, 0.2) is 17.5 Å². The lowest BCUT2D eigenvalue weighted by atomic mass is 9.48. The van der Waals surface area contributed by atoms with Crippen molar-refractivity contribution in [2.24, 2.45) is 34.0 Å². The predicted octanol–water partition coefficient (Wildman–Crippen LogP) is 10.8. The van der Waals surface area contributed by atoms with E-state index in [4.69, 9.17) is 38.3 Å². The zero-order chi connectivity index (χ0) is 58.3.